The standard InChI is InChI=1S/C11H16N4O4/c1-12-10-9(6-8(7-13-10)15(17)18)11(16)14(2)4-5-19-3/h6-7H,4-5H2,1-3H3,(H,12,13). The first-order valence-electron chi connectivity index (χ1n) is 5.57. The van der Waals surface area contributed by atoms with Crippen molar-refractivity contribution in [1.29, 1.82) is 0 Å². The first-order chi connectivity index (χ1) is 9.01. The molecule has 19 heavy (non-hydrogen) atoms. The Morgan fingerprint density at radius 1 is 1.63 bits per heavy atom. The lowest BCUT2D eigenvalue weighted by Crippen LogP contribution is -2.30. The molecule has 0 aliphatic heterocycles. The van der Waals surface area contributed by atoms with Gasteiger partial charge in [-0.25, -0.2) is 4.98 Å². The van der Waals surface area contributed by atoms with Gasteiger partial charge in [0.05, 0.1) is 17.1 Å². The molecule has 0 saturated heterocycles. The number of nitro groups is 1. The molecule has 0 saturated carbocycles. The lowest BCUT2D eigenvalue weighted by molar-refractivity contribution is -0.385. The summed E-state index contributed by atoms with van der Waals surface area (Å²) in [5.41, 5.74) is -0.0576. The second-order valence-electron chi connectivity index (χ2n) is 3.82. The maximum absolute atomic E-state index is 12.2. The van der Waals surface area contributed by atoms with Gasteiger partial charge in [-0.2, -0.15) is 0 Å². The molecular formula is C11H16N4O4. The lowest BCUT2D eigenvalue weighted by Gasteiger charge is -2.17. The second-order valence-corrected chi connectivity index (χ2v) is 3.82. The number of methoxy groups -OCH3 is 1. The molecule has 1 aromatic heterocycles. The van der Waals surface area contributed by atoms with Gasteiger partial charge in [-0.05, 0) is 0 Å². The molecule has 1 amide bonds. The number of nitrogens with zero attached hydrogens (tertiary/aromatic N) is 3. The van der Waals surface area contributed by atoms with Crippen LogP contribution in [0.3, 0.4) is 0 Å². The number of nitrogens with one attached hydrogen (secondary N) is 1. The Labute approximate surface area is 110 Å². The fraction of sp³-hybridized carbons (Fsp3) is 0.455. The molecule has 8 heteroatoms. The monoisotopic (exact) mass is 268 g/mol. The van der Waals surface area contributed by atoms with Gasteiger partial charge in [-0.15, -0.1) is 0 Å². The SMILES string of the molecule is CNc1ncc([N+](=O)[O-])cc1C(=O)N(C)CCOC. The van der Waals surface area contributed by atoms with Gasteiger partial charge < -0.3 is 15.0 Å². The van der Waals surface area contributed by atoms with E-state index in [-0.39, 0.29) is 17.2 Å². The number of carbonyl (C=O) groups excluding carboxylic acids is 1. The average Bonchev–Trinajstić information content (AvgIpc) is 2.42. The van der Waals surface area contributed by atoms with Crippen molar-refractivity contribution in [3.63, 3.8) is 0 Å². The van der Waals surface area contributed by atoms with Crippen LogP contribution < -0.4 is 5.32 Å². The van der Waals surface area contributed by atoms with Gasteiger partial charge in [-0.3, -0.25) is 14.9 Å². The summed E-state index contributed by atoms with van der Waals surface area (Å²) >= 11 is 0. The number of aromatic nitrogens is 1. The Morgan fingerprint density at radius 2 is 2.32 bits per heavy atom. The topological polar surface area (TPSA) is 97.6 Å². The minimum atomic E-state index is -0.585. The summed E-state index contributed by atoms with van der Waals surface area (Å²) in [6.07, 6.45) is 1.11. The van der Waals surface area contributed by atoms with Crippen LogP contribution in [0.5, 0.6) is 0 Å². The molecule has 0 spiro atoms. The van der Waals surface area contributed by atoms with E-state index in [2.05, 4.69) is 10.3 Å². The predicted molar refractivity (Wildman–Crippen MR) is 69.3 cm³/mol. The minimum Gasteiger partial charge on any atom is -0.383 e. The second kappa shape index (κ2) is 6.64. The Morgan fingerprint density at radius 3 is 2.84 bits per heavy atom. The zero-order chi connectivity index (χ0) is 14.4. The molecule has 0 aliphatic carbocycles. The van der Waals surface area contributed by atoms with Crippen LogP contribution in [0.1, 0.15) is 10.4 Å². The van der Waals surface area contributed by atoms with Crippen molar-refractivity contribution in [2.24, 2.45) is 0 Å². The van der Waals surface area contributed by atoms with Crippen LogP contribution in [-0.2, 0) is 4.74 Å². The maximum Gasteiger partial charge on any atom is 0.288 e. The van der Waals surface area contributed by atoms with Crippen molar-refractivity contribution >= 4 is 17.4 Å². The third kappa shape index (κ3) is 3.62. The van der Waals surface area contributed by atoms with Crippen LogP contribution in [0, 0.1) is 10.1 Å². The summed E-state index contributed by atoms with van der Waals surface area (Å²) in [4.78, 5) is 27.6. The van der Waals surface area contributed by atoms with E-state index in [0.29, 0.717) is 19.0 Å². The largest absolute Gasteiger partial charge is 0.383 e. The molecule has 0 bridgehead atoms. The van der Waals surface area contributed by atoms with E-state index in [4.69, 9.17) is 4.74 Å². The van der Waals surface area contributed by atoms with Gasteiger partial charge in [0.15, 0.2) is 0 Å². The van der Waals surface area contributed by atoms with Gasteiger partial charge in [0.2, 0.25) is 0 Å². The maximum atomic E-state index is 12.2. The number of anilines is 1. The van der Waals surface area contributed by atoms with Gasteiger partial charge in [0.1, 0.15) is 12.0 Å². The summed E-state index contributed by atoms with van der Waals surface area (Å²) in [6, 6.07) is 1.21. The van der Waals surface area contributed by atoms with Gasteiger partial charge >= 0.3 is 0 Å². The van der Waals surface area contributed by atoms with Crippen LogP contribution >= 0.6 is 0 Å². The molecule has 104 valence electrons. The minimum absolute atomic E-state index is 0.162. The number of ether oxygens (including phenoxy) is 1. The lowest BCUT2D eigenvalue weighted by atomic mass is 10.2. The summed E-state index contributed by atoms with van der Waals surface area (Å²) in [5, 5.41) is 13.5. The Hall–Kier alpha value is -2.22. The number of rotatable bonds is 6. The number of hydrogen-bond donors (Lipinski definition) is 1. The molecular weight excluding hydrogens is 252 g/mol. The third-order valence-corrected chi connectivity index (χ3v) is 2.53. The predicted octanol–water partition coefficient (Wildman–Crippen LogP) is 0.750. The molecule has 0 aliphatic rings. The molecule has 0 atom stereocenters. The molecule has 0 aromatic carbocycles. The van der Waals surface area contributed by atoms with E-state index in [0.717, 1.165) is 6.20 Å². The highest BCUT2D eigenvalue weighted by molar-refractivity contribution is 5.99. The Bertz CT molecular complexity index is 478. The molecule has 0 radical (unpaired) electrons. The summed E-state index contributed by atoms with van der Waals surface area (Å²) in [6.45, 7) is 0.778. The van der Waals surface area contributed by atoms with Crippen LogP contribution in [0.25, 0.3) is 0 Å². The van der Waals surface area contributed by atoms with Crippen molar-refractivity contribution in [2.75, 3.05) is 39.7 Å². The molecule has 1 aromatic rings. The van der Waals surface area contributed by atoms with Crippen molar-refractivity contribution in [1.82, 2.24) is 9.88 Å². The zero-order valence-corrected chi connectivity index (χ0v) is 11.0. The molecule has 0 fully saturated rings. The normalized spacial score (nSPS) is 10.1. The first-order valence-corrected chi connectivity index (χ1v) is 5.57. The van der Waals surface area contributed by atoms with E-state index < -0.39 is 4.92 Å². The van der Waals surface area contributed by atoms with Crippen LogP contribution in [0.15, 0.2) is 12.3 Å². The third-order valence-electron chi connectivity index (χ3n) is 2.53. The highest BCUT2D eigenvalue weighted by atomic mass is 16.6. The zero-order valence-electron chi connectivity index (χ0n) is 11.0. The van der Waals surface area contributed by atoms with Crippen molar-refractivity contribution in [3.8, 4) is 0 Å². The summed E-state index contributed by atoms with van der Waals surface area (Å²) in [7, 11) is 4.73. The first kappa shape index (κ1) is 14.8. The van der Waals surface area contributed by atoms with Gasteiger partial charge in [-0.1, -0.05) is 0 Å². The van der Waals surface area contributed by atoms with Crippen molar-refractivity contribution in [2.45, 2.75) is 0 Å². The van der Waals surface area contributed by atoms with E-state index in [1.54, 1.807) is 14.1 Å². The number of carbonyl (C=O) groups is 1. The molecule has 1 rings (SSSR count). The van der Waals surface area contributed by atoms with Crippen LogP contribution in [0.4, 0.5) is 11.5 Å². The molecule has 1 heterocycles. The van der Waals surface area contributed by atoms with Crippen molar-refractivity contribution in [3.05, 3.63) is 27.9 Å². The Kier molecular flexibility index (Phi) is 5.19. The fourth-order valence-electron chi connectivity index (χ4n) is 1.45. The molecule has 1 N–H and O–H groups in total. The number of pyridine rings is 1. The summed E-state index contributed by atoms with van der Waals surface area (Å²) in [5.74, 6) is -0.0440. The average molecular weight is 268 g/mol. The van der Waals surface area contributed by atoms with E-state index in [1.165, 1.54) is 18.1 Å². The number of hydrogen-bond acceptors (Lipinski definition) is 6. The quantitative estimate of drug-likeness (QED) is 0.604. The van der Waals surface area contributed by atoms with Crippen molar-refractivity contribution < 1.29 is 14.5 Å². The van der Waals surface area contributed by atoms with E-state index >= 15 is 0 Å². The smallest absolute Gasteiger partial charge is 0.288 e. The molecule has 0 unspecified atom stereocenters. The highest BCUT2D eigenvalue weighted by Gasteiger charge is 2.20. The molecule has 8 nitrogen and oxygen atoms in total. The van der Waals surface area contributed by atoms with Gasteiger partial charge in [0.25, 0.3) is 11.6 Å². The number of amides is 1. The van der Waals surface area contributed by atoms with E-state index in [1.807, 2.05) is 0 Å². The van der Waals surface area contributed by atoms with Crippen LogP contribution in [0.2, 0.25) is 0 Å². The summed E-state index contributed by atoms with van der Waals surface area (Å²) < 4.78 is 4.88. The Balaban J connectivity index is 3.05. The van der Waals surface area contributed by atoms with Gasteiger partial charge in [0, 0.05) is 33.8 Å². The van der Waals surface area contributed by atoms with Crippen LogP contribution in [-0.4, -0.2) is 55.1 Å². The van der Waals surface area contributed by atoms with E-state index in [9.17, 15) is 14.9 Å². The highest BCUT2D eigenvalue weighted by Crippen LogP contribution is 2.20. The number of likely N-dealkylation sites (N-methyl/N-ethyl adjacent to an activating group) is 1. The fourth-order valence-corrected chi connectivity index (χ4v) is 1.45.